The Balaban J connectivity index is 1.76. The van der Waals surface area contributed by atoms with Crippen LogP contribution in [-0.2, 0) is 14.6 Å². The minimum atomic E-state index is -3.07. The van der Waals surface area contributed by atoms with Crippen molar-refractivity contribution in [3.8, 4) is 0 Å². The van der Waals surface area contributed by atoms with Gasteiger partial charge in [-0.15, -0.1) is 0 Å². The molecule has 0 aromatic rings. The predicted molar refractivity (Wildman–Crippen MR) is 91.9 cm³/mol. The van der Waals surface area contributed by atoms with Crippen LogP contribution in [0.1, 0.15) is 39.0 Å². The number of amides is 1. The second-order valence-electron chi connectivity index (χ2n) is 7.30. The maximum atomic E-state index is 12.3. The van der Waals surface area contributed by atoms with Gasteiger partial charge >= 0.3 is 0 Å². The summed E-state index contributed by atoms with van der Waals surface area (Å²) in [6.07, 6.45) is 6.53. The third-order valence-corrected chi connectivity index (χ3v) is 6.22. The number of hydrogen-bond acceptors (Lipinski definition) is 5. The molecule has 1 amide bonds. The van der Waals surface area contributed by atoms with Gasteiger partial charge < -0.3 is 10.6 Å². The molecular weight excluding hydrogens is 314 g/mol. The number of nitrogens with two attached hydrogens (primary N) is 1. The maximum absolute atomic E-state index is 12.3. The van der Waals surface area contributed by atoms with Gasteiger partial charge in [0.2, 0.25) is 5.91 Å². The van der Waals surface area contributed by atoms with Crippen LogP contribution < -0.4 is 5.73 Å². The van der Waals surface area contributed by atoms with Gasteiger partial charge in [0.25, 0.3) is 0 Å². The smallest absolute Gasteiger partial charge is 0.239 e. The Morgan fingerprint density at radius 3 is 2.22 bits per heavy atom. The van der Waals surface area contributed by atoms with Crippen LogP contribution in [0.4, 0.5) is 0 Å². The molecule has 1 saturated carbocycles. The SMILES string of the molecule is CC1CCC(N2CCN(C(=O)C(N)CCS(C)(=O)=O)CC2)CC1. The highest BCUT2D eigenvalue weighted by Gasteiger charge is 2.30. The normalized spacial score (nSPS) is 28.6. The molecule has 1 atom stereocenters. The van der Waals surface area contributed by atoms with E-state index >= 15 is 0 Å². The molecule has 2 rings (SSSR count). The van der Waals surface area contributed by atoms with Crippen LogP contribution in [0.25, 0.3) is 0 Å². The van der Waals surface area contributed by atoms with E-state index in [4.69, 9.17) is 5.73 Å². The number of piperazine rings is 1. The Labute approximate surface area is 140 Å². The minimum absolute atomic E-state index is 0.0276. The van der Waals surface area contributed by atoms with E-state index < -0.39 is 15.9 Å². The zero-order chi connectivity index (χ0) is 17.0. The van der Waals surface area contributed by atoms with Crippen LogP contribution in [0.2, 0.25) is 0 Å². The lowest BCUT2D eigenvalue weighted by Gasteiger charge is -2.42. The quantitative estimate of drug-likeness (QED) is 0.783. The van der Waals surface area contributed by atoms with E-state index in [1.807, 2.05) is 0 Å². The highest BCUT2D eigenvalue weighted by molar-refractivity contribution is 7.90. The number of sulfone groups is 1. The molecule has 2 aliphatic rings. The molecule has 0 radical (unpaired) electrons. The molecule has 7 heteroatoms. The maximum Gasteiger partial charge on any atom is 0.239 e. The summed E-state index contributed by atoms with van der Waals surface area (Å²) in [6.45, 7) is 5.55. The first-order valence-electron chi connectivity index (χ1n) is 8.72. The standard InChI is InChI=1S/C16H31N3O3S/c1-13-3-5-14(6-4-13)18-8-10-19(11-9-18)16(20)15(17)7-12-23(2,21)22/h13-15H,3-12,17H2,1-2H3. The van der Waals surface area contributed by atoms with Crippen LogP contribution in [0, 0.1) is 5.92 Å². The molecule has 1 saturated heterocycles. The van der Waals surface area contributed by atoms with E-state index in [1.165, 1.54) is 31.9 Å². The molecule has 2 N–H and O–H groups in total. The Kier molecular flexibility index (Phi) is 6.45. The summed E-state index contributed by atoms with van der Waals surface area (Å²) in [5, 5.41) is 0. The lowest BCUT2D eigenvalue weighted by atomic mass is 9.86. The number of nitrogens with zero attached hydrogens (tertiary/aromatic N) is 2. The summed E-state index contributed by atoms with van der Waals surface area (Å²) in [7, 11) is -3.07. The van der Waals surface area contributed by atoms with Crippen molar-refractivity contribution in [1.29, 1.82) is 0 Å². The fourth-order valence-corrected chi connectivity index (χ4v) is 4.30. The Morgan fingerprint density at radius 1 is 1.13 bits per heavy atom. The van der Waals surface area contributed by atoms with Gasteiger partial charge in [0.1, 0.15) is 9.84 Å². The van der Waals surface area contributed by atoms with Gasteiger partial charge in [0.15, 0.2) is 0 Å². The fraction of sp³-hybridized carbons (Fsp3) is 0.938. The van der Waals surface area contributed by atoms with Crippen molar-refractivity contribution in [2.75, 3.05) is 38.2 Å². The zero-order valence-electron chi connectivity index (χ0n) is 14.4. The average Bonchev–Trinajstić information content (AvgIpc) is 2.52. The fourth-order valence-electron chi connectivity index (χ4n) is 3.61. The molecule has 23 heavy (non-hydrogen) atoms. The average molecular weight is 346 g/mol. The van der Waals surface area contributed by atoms with Crippen molar-refractivity contribution in [2.45, 2.75) is 51.1 Å². The van der Waals surface area contributed by atoms with E-state index in [1.54, 1.807) is 4.90 Å². The van der Waals surface area contributed by atoms with Gasteiger partial charge in [-0.25, -0.2) is 8.42 Å². The molecule has 0 aromatic carbocycles. The van der Waals surface area contributed by atoms with Gasteiger partial charge in [-0.05, 0) is 38.0 Å². The Morgan fingerprint density at radius 2 is 1.70 bits per heavy atom. The van der Waals surface area contributed by atoms with E-state index in [9.17, 15) is 13.2 Å². The highest BCUT2D eigenvalue weighted by atomic mass is 32.2. The van der Waals surface area contributed by atoms with Crippen LogP contribution >= 0.6 is 0 Å². The van der Waals surface area contributed by atoms with Crippen LogP contribution in [0.5, 0.6) is 0 Å². The number of rotatable bonds is 5. The summed E-state index contributed by atoms with van der Waals surface area (Å²) in [6, 6.07) is -0.0332. The van der Waals surface area contributed by atoms with Gasteiger partial charge in [-0.1, -0.05) is 6.92 Å². The van der Waals surface area contributed by atoms with Crippen molar-refractivity contribution < 1.29 is 13.2 Å². The Bertz CT molecular complexity index is 493. The van der Waals surface area contributed by atoms with Crippen molar-refractivity contribution in [1.82, 2.24) is 9.80 Å². The summed E-state index contributed by atoms with van der Waals surface area (Å²) >= 11 is 0. The van der Waals surface area contributed by atoms with Crippen molar-refractivity contribution in [3.63, 3.8) is 0 Å². The van der Waals surface area contributed by atoms with E-state index in [0.29, 0.717) is 19.1 Å². The molecule has 1 unspecified atom stereocenters. The first kappa shape index (κ1) is 18.7. The minimum Gasteiger partial charge on any atom is -0.339 e. The van der Waals surface area contributed by atoms with Gasteiger partial charge in [-0.2, -0.15) is 0 Å². The lowest BCUT2D eigenvalue weighted by Crippen LogP contribution is -2.55. The van der Waals surface area contributed by atoms with E-state index in [-0.39, 0.29) is 18.1 Å². The molecule has 1 aliphatic carbocycles. The van der Waals surface area contributed by atoms with Gasteiger partial charge in [0.05, 0.1) is 11.8 Å². The molecular formula is C16H31N3O3S. The number of hydrogen-bond donors (Lipinski definition) is 1. The number of carbonyl (C=O) groups is 1. The van der Waals surface area contributed by atoms with E-state index in [0.717, 1.165) is 19.0 Å². The van der Waals surface area contributed by atoms with Crippen molar-refractivity contribution in [2.24, 2.45) is 11.7 Å². The van der Waals surface area contributed by atoms with Crippen molar-refractivity contribution >= 4 is 15.7 Å². The summed E-state index contributed by atoms with van der Waals surface area (Å²) in [4.78, 5) is 16.6. The second kappa shape index (κ2) is 7.94. The molecule has 6 nitrogen and oxygen atoms in total. The van der Waals surface area contributed by atoms with Crippen LogP contribution in [0.15, 0.2) is 0 Å². The first-order chi connectivity index (χ1) is 10.8. The first-order valence-corrected chi connectivity index (χ1v) is 10.8. The van der Waals surface area contributed by atoms with Gasteiger partial charge in [0, 0.05) is 38.5 Å². The molecule has 1 aliphatic heterocycles. The monoisotopic (exact) mass is 345 g/mol. The zero-order valence-corrected chi connectivity index (χ0v) is 15.2. The van der Waals surface area contributed by atoms with Gasteiger partial charge in [-0.3, -0.25) is 9.69 Å². The van der Waals surface area contributed by atoms with E-state index in [2.05, 4.69) is 11.8 Å². The summed E-state index contributed by atoms with van der Waals surface area (Å²) < 4.78 is 22.4. The Hall–Kier alpha value is -0.660. The lowest BCUT2D eigenvalue weighted by molar-refractivity contribution is -0.134. The molecule has 1 heterocycles. The number of carbonyl (C=O) groups excluding carboxylic acids is 1. The highest BCUT2D eigenvalue weighted by Crippen LogP contribution is 2.27. The summed E-state index contributed by atoms with van der Waals surface area (Å²) in [5.74, 6) is 0.715. The predicted octanol–water partition coefficient (Wildman–Crippen LogP) is 0.471. The third kappa shape index (κ3) is 5.72. The molecule has 2 fully saturated rings. The van der Waals surface area contributed by atoms with Crippen LogP contribution in [-0.4, -0.2) is 74.4 Å². The molecule has 0 aromatic heterocycles. The molecule has 0 spiro atoms. The third-order valence-electron chi connectivity index (χ3n) is 5.24. The second-order valence-corrected chi connectivity index (χ2v) is 9.56. The topological polar surface area (TPSA) is 83.7 Å². The largest absolute Gasteiger partial charge is 0.339 e. The molecule has 134 valence electrons. The van der Waals surface area contributed by atoms with Crippen LogP contribution in [0.3, 0.4) is 0 Å². The molecule has 0 bridgehead atoms. The van der Waals surface area contributed by atoms with Crippen molar-refractivity contribution in [3.05, 3.63) is 0 Å². The summed E-state index contributed by atoms with van der Waals surface area (Å²) in [5.41, 5.74) is 5.88.